The second-order valence-corrected chi connectivity index (χ2v) is 6.75. The number of aromatic amines is 1. The Morgan fingerprint density at radius 2 is 2.19 bits per heavy atom. The molecule has 130 valence electrons. The minimum Gasteiger partial charge on any atom is -0.382 e. The van der Waals surface area contributed by atoms with Crippen molar-refractivity contribution < 1.29 is 9.18 Å². The molecule has 1 saturated carbocycles. The molecule has 4 aromatic heterocycles. The van der Waals surface area contributed by atoms with Crippen molar-refractivity contribution in [1.29, 1.82) is 0 Å². The number of ketones is 1. The number of nitrogens with two attached hydrogens (primary N) is 1. The molecule has 0 aromatic carbocycles. The summed E-state index contributed by atoms with van der Waals surface area (Å²) in [5, 5.41) is 1.04. The van der Waals surface area contributed by atoms with Gasteiger partial charge >= 0.3 is 0 Å². The van der Waals surface area contributed by atoms with Gasteiger partial charge in [-0.05, 0) is 37.1 Å². The number of nitrogens with zero attached hydrogens (tertiary/aromatic N) is 3. The quantitative estimate of drug-likeness (QED) is 0.555. The average Bonchev–Trinajstić information content (AvgIpc) is 3.04. The average molecular weight is 349 g/mol. The van der Waals surface area contributed by atoms with Crippen molar-refractivity contribution in [2.75, 3.05) is 5.73 Å². The number of Topliss-reactive ketones (excluding diaryl/α,β-unsaturated/α-hetero) is 1. The molecule has 0 bridgehead atoms. The second kappa shape index (κ2) is 5.14. The molecule has 26 heavy (non-hydrogen) atoms. The number of H-pyrrole nitrogens is 1. The Labute approximate surface area is 147 Å². The lowest BCUT2D eigenvalue weighted by molar-refractivity contribution is 0.0952. The van der Waals surface area contributed by atoms with Gasteiger partial charge in [0.2, 0.25) is 0 Å². The summed E-state index contributed by atoms with van der Waals surface area (Å²) < 4.78 is 15.0. The predicted octanol–water partition coefficient (Wildman–Crippen LogP) is 3.31. The maximum atomic E-state index is 13.4. The number of carbonyl (C=O) groups excluding carboxylic acids is 1. The summed E-state index contributed by atoms with van der Waals surface area (Å²) in [6.07, 6.45) is 4.67. The molecule has 4 aromatic rings. The Morgan fingerprint density at radius 3 is 2.96 bits per heavy atom. The van der Waals surface area contributed by atoms with Crippen LogP contribution >= 0.6 is 0 Å². The second-order valence-electron chi connectivity index (χ2n) is 6.75. The van der Waals surface area contributed by atoms with Gasteiger partial charge in [0.1, 0.15) is 23.2 Å². The number of aryl methyl sites for hydroxylation is 1. The molecule has 0 unspecified atom stereocenters. The maximum absolute atomic E-state index is 13.4. The molecule has 6 nitrogen and oxygen atoms in total. The summed E-state index contributed by atoms with van der Waals surface area (Å²) in [6.45, 7) is 2.03. The first-order chi connectivity index (χ1) is 12.5. The van der Waals surface area contributed by atoms with Crippen molar-refractivity contribution in [2.24, 2.45) is 5.92 Å². The molecular formula is C19H16FN5O. The number of fused-ring (bicyclic) bond motifs is 2. The molecule has 0 saturated heterocycles. The SMILES string of the molecule is Cc1c(-c2ccc3nc(N)c(C(=O)[C@@H]4C[C@@H]4F)n3c2)cnc2[nH]ccc12. The highest BCUT2D eigenvalue weighted by Gasteiger charge is 2.45. The smallest absolute Gasteiger partial charge is 0.189 e. The van der Waals surface area contributed by atoms with Crippen LogP contribution in [0.1, 0.15) is 22.5 Å². The number of aromatic nitrogens is 4. The molecule has 0 spiro atoms. The first-order valence-corrected chi connectivity index (χ1v) is 8.43. The van der Waals surface area contributed by atoms with Crippen LogP contribution in [0.4, 0.5) is 10.2 Å². The van der Waals surface area contributed by atoms with Crippen LogP contribution in [0.15, 0.2) is 36.8 Å². The Kier molecular flexibility index (Phi) is 2.98. The highest BCUT2D eigenvalue weighted by Crippen LogP contribution is 2.38. The third-order valence-corrected chi connectivity index (χ3v) is 5.10. The number of rotatable bonds is 3. The van der Waals surface area contributed by atoms with Crippen LogP contribution in [0, 0.1) is 12.8 Å². The van der Waals surface area contributed by atoms with Crippen LogP contribution in [0.25, 0.3) is 27.8 Å². The van der Waals surface area contributed by atoms with Gasteiger partial charge in [-0.3, -0.25) is 9.20 Å². The number of anilines is 1. The topological polar surface area (TPSA) is 89.1 Å². The van der Waals surface area contributed by atoms with Crippen LogP contribution in [-0.4, -0.2) is 31.3 Å². The number of imidazole rings is 1. The largest absolute Gasteiger partial charge is 0.382 e. The fourth-order valence-electron chi connectivity index (χ4n) is 3.51. The molecule has 4 heterocycles. The van der Waals surface area contributed by atoms with E-state index >= 15 is 0 Å². The van der Waals surface area contributed by atoms with Crippen LogP contribution < -0.4 is 5.73 Å². The number of nitrogens with one attached hydrogen (secondary N) is 1. The van der Waals surface area contributed by atoms with Gasteiger partial charge in [-0.25, -0.2) is 14.4 Å². The van der Waals surface area contributed by atoms with E-state index in [1.807, 2.05) is 37.5 Å². The van der Waals surface area contributed by atoms with E-state index in [1.54, 1.807) is 10.6 Å². The minimum absolute atomic E-state index is 0.141. The Bertz CT molecular complexity index is 1190. The first-order valence-electron chi connectivity index (χ1n) is 8.43. The van der Waals surface area contributed by atoms with Gasteiger partial charge < -0.3 is 10.7 Å². The fraction of sp³-hybridized carbons (Fsp3) is 0.211. The van der Waals surface area contributed by atoms with E-state index in [4.69, 9.17) is 5.73 Å². The van der Waals surface area contributed by atoms with E-state index in [1.165, 1.54) is 0 Å². The van der Waals surface area contributed by atoms with Gasteiger partial charge in [0, 0.05) is 35.1 Å². The molecule has 0 amide bonds. The summed E-state index contributed by atoms with van der Waals surface area (Å²) in [5.74, 6) is -0.738. The number of hydrogen-bond donors (Lipinski definition) is 2. The predicted molar refractivity (Wildman–Crippen MR) is 96.8 cm³/mol. The van der Waals surface area contributed by atoms with E-state index in [0.717, 1.165) is 27.7 Å². The molecule has 2 atom stereocenters. The fourth-order valence-corrected chi connectivity index (χ4v) is 3.51. The molecule has 0 radical (unpaired) electrons. The standard InChI is InChI=1S/C19H16FN5O/c1-9-11-4-5-22-19(11)23-7-13(9)10-2-3-15-24-18(21)16(25(15)8-10)17(26)12-6-14(12)20/h2-5,7-8,12,14H,6,21H2,1H3,(H,22,23)/t12-,14+/m1/s1. The van der Waals surface area contributed by atoms with Crippen molar-refractivity contribution in [1.82, 2.24) is 19.4 Å². The number of carbonyl (C=O) groups is 1. The van der Waals surface area contributed by atoms with Crippen LogP contribution in [-0.2, 0) is 0 Å². The Balaban J connectivity index is 1.69. The molecule has 0 aliphatic heterocycles. The van der Waals surface area contributed by atoms with E-state index in [0.29, 0.717) is 5.65 Å². The zero-order chi connectivity index (χ0) is 18.0. The molecule has 1 fully saturated rings. The summed E-state index contributed by atoms with van der Waals surface area (Å²) in [7, 11) is 0. The zero-order valence-corrected chi connectivity index (χ0v) is 14.0. The monoisotopic (exact) mass is 349 g/mol. The number of halogens is 1. The number of nitrogen functional groups attached to an aromatic ring is 1. The maximum Gasteiger partial charge on any atom is 0.189 e. The first kappa shape index (κ1) is 15.1. The molecule has 1 aliphatic carbocycles. The highest BCUT2D eigenvalue weighted by atomic mass is 19.1. The van der Waals surface area contributed by atoms with Gasteiger partial charge in [-0.15, -0.1) is 0 Å². The van der Waals surface area contributed by atoms with Crippen LogP contribution in [0.5, 0.6) is 0 Å². The minimum atomic E-state index is -1.07. The van der Waals surface area contributed by atoms with Gasteiger partial charge in [-0.1, -0.05) is 0 Å². The van der Waals surface area contributed by atoms with E-state index in [9.17, 15) is 9.18 Å². The van der Waals surface area contributed by atoms with Gasteiger partial charge in [-0.2, -0.15) is 0 Å². The summed E-state index contributed by atoms with van der Waals surface area (Å²) >= 11 is 0. The lowest BCUT2D eigenvalue weighted by Crippen LogP contribution is -2.10. The number of alkyl halides is 1. The van der Waals surface area contributed by atoms with Gasteiger partial charge in [0.05, 0.1) is 5.92 Å². The van der Waals surface area contributed by atoms with Gasteiger partial charge in [0.25, 0.3) is 0 Å². The molecule has 7 heteroatoms. The lowest BCUT2D eigenvalue weighted by Gasteiger charge is -2.08. The summed E-state index contributed by atoms with van der Waals surface area (Å²) in [6, 6.07) is 5.72. The van der Waals surface area contributed by atoms with E-state index < -0.39 is 12.1 Å². The van der Waals surface area contributed by atoms with Crippen molar-refractivity contribution >= 4 is 28.3 Å². The van der Waals surface area contributed by atoms with Crippen LogP contribution in [0.2, 0.25) is 0 Å². The molecule has 5 rings (SSSR count). The zero-order valence-electron chi connectivity index (χ0n) is 14.0. The summed E-state index contributed by atoms with van der Waals surface area (Å²) in [5.41, 5.74) is 10.6. The third-order valence-electron chi connectivity index (χ3n) is 5.10. The van der Waals surface area contributed by atoms with Crippen molar-refractivity contribution in [3.05, 3.63) is 48.0 Å². The molecular weight excluding hydrogens is 333 g/mol. The van der Waals surface area contributed by atoms with Crippen LogP contribution in [0.3, 0.4) is 0 Å². The van der Waals surface area contributed by atoms with Gasteiger partial charge in [0.15, 0.2) is 11.6 Å². The van der Waals surface area contributed by atoms with Crippen molar-refractivity contribution in [3.63, 3.8) is 0 Å². The summed E-state index contributed by atoms with van der Waals surface area (Å²) in [4.78, 5) is 24.4. The van der Waals surface area contributed by atoms with Crippen molar-refractivity contribution in [3.8, 4) is 11.1 Å². The number of pyridine rings is 2. The molecule has 3 N–H and O–H groups in total. The molecule has 1 aliphatic rings. The third kappa shape index (κ3) is 2.06. The van der Waals surface area contributed by atoms with E-state index in [2.05, 4.69) is 15.0 Å². The highest BCUT2D eigenvalue weighted by molar-refractivity contribution is 6.03. The normalized spacial score (nSPS) is 19.3. The Hall–Kier alpha value is -3.22. The lowest BCUT2D eigenvalue weighted by atomic mass is 10.0. The number of hydrogen-bond acceptors (Lipinski definition) is 4. The Morgan fingerprint density at radius 1 is 1.38 bits per heavy atom. The van der Waals surface area contributed by atoms with Crippen molar-refractivity contribution in [2.45, 2.75) is 19.5 Å². The van der Waals surface area contributed by atoms with E-state index in [-0.39, 0.29) is 23.7 Å².